The van der Waals surface area contributed by atoms with E-state index in [4.69, 9.17) is 11.6 Å². The second-order valence-corrected chi connectivity index (χ2v) is 4.51. The molecule has 3 aromatic rings. The number of carbonyl (C=O) groups is 1. The first-order valence-corrected chi connectivity index (χ1v) is 6.38. The fraction of sp³-hybridized carbons (Fsp3) is 0. The van der Waals surface area contributed by atoms with E-state index in [1.54, 1.807) is 29.2 Å². The van der Waals surface area contributed by atoms with Crippen LogP contribution in [0.2, 0.25) is 5.15 Å². The average Bonchev–Trinajstić information content (AvgIpc) is 2.86. The van der Waals surface area contributed by atoms with E-state index in [1.807, 2.05) is 30.3 Å². The molecule has 0 N–H and O–H groups in total. The van der Waals surface area contributed by atoms with E-state index in [1.165, 1.54) is 0 Å². The Morgan fingerprint density at radius 1 is 1.05 bits per heavy atom. The van der Waals surface area contributed by atoms with E-state index in [2.05, 4.69) is 10.1 Å². The predicted molar refractivity (Wildman–Crippen MR) is 77.2 cm³/mol. The van der Waals surface area contributed by atoms with E-state index < -0.39 is 0 Å². The van der Waals surface area contributed by atoms with Crippen LogP contribution in [0.3, 0.4) is 0 Å². The van der Waals surface area contributed by atoms with Gasteiger partial charge >= 0.3 is 0 Å². The van der Waals surface area contributed by atoms with Gasteiger partial charge in [0.25, 0.3) is 0 Å². The lowest BCUT2D eigenvalue weighted by Crippen LogP contribution is -1.96. The zero-order chi connectivity index (χ0) is 13.9. The lowest BCUT2D eigenvalue weighted by atomic mass is 10.1. The van der Waals surface area contributed by atoms with Crippen molar-refractivity contribution in [2.45, 2.75) is 0 Å². The molecule has 5 heteroatoms. The monoisotopic (exact) mass is 283 g/mol. The van der Waals surface area contributed by atoms with Crippen LogP contribution in [-0.4, -0.2) is 21.1 Å². The minimum atomic E-state index is 0.304. The average molecular weight is 284 g/mol. The summed E-state index contributed by atoms with van der Waals surface area (Å²) in [6, 6.07) is 13.0. The number of halogens is 1. The molecule has 0 radical (unpaired) electrons. The summed E-state index contributed by atoms with van der Waals surface area (Å²) in [7, 11) is 0. The number of hydrogen-bond acceptors (Lipinski definition) is 3. The Hall–Kier alpha value is -2.46. The number of pyridine rings is 1. The van der Waals surface area contributed by atoms with Crippen LogP contribution in [0, 0.1) is 0 Å². The maximum absolute atomic E-state index is 11.3. The lowest BCUT2D eigenvalue weighted by Gasteiger charge is -2.01. The lowest BCUT2D eigenvalue weighted by molar-refractivity contribution is 0.112. The smallest absolute Gasteiger partial charge is 0.155 e. The van der Waals surface area contributed by atoms with Crippen molar-refractivity contribution in [3.05, 3.63) is 65.6 Å². The zero-order valence-electron chi connectivity index (χ0n) is 10.4. The van der Waals surface area contributed by atoms with Crippen LogP contribution < -0.4 is 0 Å². The zero-order valence-corrected chi connectivity index (χ0v) is 11.2. The molecule has 0 aliphatic carbocycles. The van der Waals surface area contributed by atoms with Crippen molar-refractivity contribution < 1.29 is 4.79 Å². The largest absolute Gasteiger partial charge is 0.298 e. The van der Waals surface area contributed by atoms with E-state index in [0.29, 0.717) is 16.4 Å². The molecule has 0 saturated heterocycles. The molecule has 0 spiro atoms. The third kappa shape index (κ3) is 2.10. The molecule has 0 aliphatic heterocycles. The van der Waals surface area contributed by atoms with Crippen molar-refractivity contribution in [1.29, 1.82) is 0 Å². The van der Waals surface area contributed by atoms with Crippen LogP contribution in [0.5, 0.6) is 0 Å². The molecule has 0 saturated carbocycles. The molecule has 3 rings (SSSR count). The van der Waals surface area contributed by atoms with Crippen molar-refractivity contribution in [3.8, 4) is 16.9 Å². The van der Waals surface area contributed by atoms with E-state index >= 15 is 0 Å². The minimum Gasteiger partial charge on any atom is -0.298 e. The van der Waals surface area contributed by atoms with Crippen LogP contribution in [0.15, 0.2) is 54.9 Å². The molecule has 2 heterocycles. The third-order valence-corrected chi connectivity index (χ3v) is 3.30. The summed E-state index contributed by atoms with van der Waals surface area (Å²) in [5.41, 5.74) is 2.54. The standard InChI is InChI=1S/C15H10ClN3O/c16-15-13(10-20)14(11-6-8-17-9-7-11)18-19(15)12-4-2-1-3-5-12/h1-10H. The molecular formula is C15H10ClN3O. The molecule has 98 valence electrons. The minimum absolute atomic E-state index is 0.304. The summed E-state index contributed by atoms with van der Waals surface area (Å²) >= 11 is 6.27. The predicted octanol–water partition coefficient (Wildman–Crippen LogP) is 3.40. The highest BCUT2D eigenvalue weighted by Crippen LogP contribution is 2.29. The van der Waals surface area contributed by atoms with Crippen LogP contribution in [0.25, 0.3) is 16.9 Å². The van der Waals surface area contributed by atoms with Crippen molar-refractivity contribution in [2.24, 2.45) is 0 Å². The number of aldehydes is 1. The normalized spacial score (nSPS) is 10.4. The van der Waals surface area contributed by atoms with E-state index in [9.17, 15) is 4.79 Å². The van der Waals surface area contributed by atoms with Gasteiger partial charge in [-0.1, -0.05) is 29.8 Å². The number of hydrogen-bond donors (Lipinski definition) is 0. The van der Waals surface area contributed by atoms with Crippen molar-refractivity contribution in [2.75, 3.05) is 0 Å². The van der Waals surface area contributed by atoms with Gasteiger partial charge in [-0.3, -0.25) is 9.78 Å². The van der Waals surface area contributed by atoms with Gasteiger partial charge < -0.3 is 0 Å². The van der Waals surface area contributed by atoms with Crippen LogP contribution in [0.4, 0.5) is 0 Å². The highest BCUT2D eigenvalue weighted by atomic mass is 35.5. The summed E-state index contributed by atoms with van der Waals surface area (Å²) in [6.07, 6.45) is 4.03. The molecule has 0 aliphatic rings. The highest BCUT2D eigenvalue weighted by Gasteiger charge is 2.17. The van der Waals surface area contributed by atoms with Gasteiger partial charge in [-0.05, 0) is 24.3 Å². The van der Waals surface area contributed by atoms with Crippen molar-refractivity contribution in [3.63, 3.8) is 0 Å². The quantitative estimate of drug-likeness (QED) is 0.692. The molecule has 2 aromatic heterocycles. The van der Waals surface area contributed by atoms with Gasteiger partial charge in [0.05, 0.1) is 11.3 Å². The Balaban J connectivity index is 2.21. The molecule has 4 nitrogen and oxygen atoms in total. The van der Waals surface area contributed by atoms with Gasteiger partial charge in [-0.2, -0.15) is 5.10 Å². The summed E-state index contributed by atoms with van der Waals surface area (Å²) < 4.78 is 1.56. The van der Waals surface area contributed by atoms with Crippen LogP contribution in [-0.2, 0) is 0 Å². The van der Waals surface area contributed by atoms with Crippen molar-refractivity contribution >= 4 is 17.9 Å². The Labute approximate surface area is 120 Å². The number of aromatic nitrogens is 3. The second-order valence-electron chi connectivity index (χ2n) is 4.15. The van der Waals surface area contributed by atoms with Gasteiger partial charge in [-0.25, -0.2) is 4.68 Å². The fourth-order valence-corrected chi connectivity index (χ4v) is 2.25. The molecule has 0 unspecified atom stereocenters. The second kappa shape index (κ2) is 5.27. The van der Waals surface area contributed by atoms with Crippen molar-refractivity contribution in [1.82, 2.24) is 14.8 Å². The first-order valence-electron chi connectivity index (χ1n) is 6.01. The molecular weight excluding hydrogens is 274 g/mol. The van der Waals surface area contributed by atoms with Crippen LogP contribution in [0.1, 0.15) is 10.4 Å². The van der Waals surface area contributed by atoms with Gasteiger partial charge in [0.2, 0.25) is 0 Å². The Bertz CT molecular complexity index is 739. The van der Waals surface area contributed by atoms with Gasteiger partial charge in [-0.15, -0.1) is 0 Å². The maximum Gasteiger partial charge on any atom is 0.155 e. The van der Waals surface area contributed by atoms with E-state index in [0.717, 1.165) is 17.5 Å². The molecule has 1 aromatic carbocycles. The van der Waals surface area contributed by atoms with Gasteiger partial charge in [0.1, 0.15) is 10.8 Å². The third-order valence-electron chi connectivity index (χ3n) is 2.94. The van der Waals surface area contributed by atoms with Crippen LogP contribution >= 0.6 is 11.6 Å². The number of nitrogens with zero attached hydrogens (tertiary/aromatic N) is 3. The number of para-hydroxylation sites is 1. The number of carbonyl (C=O) groups excluding carboxylic acids is 1. The summed E-state index contributed by atoms with van der Waals surface area (Å²) in [6.45, 7) is 0. The van der Waals surface area contributed by atoms with Gasteiger partial charge in [0, 0.05) is 18.0 Å². The Morgan fingerprint density at radius 3 is 2.40 bits per heavy atom. The summed E-state index contributed by atoms with van der Waals surface area (Å²) in [4.78, 5) is 15.3. The fourth-order valence-electron chi connectivity index (χ4n) is 1.98. The Kier molecular flexibility index (Phi) is 3.31. The maximum atomic E-state index is 11.3. The molecule has 0 bridgehead atoms. The highest BCUT2D eigenvalue weighted by molar-refractivity contribution is 6.32. The molecule has 0 atom stereocenters. The molecule has 20 heavy (non-hydrogen) atoms. The topological polar surface area (TPSA) is 47.8 Å². The first kappa shape index (κ1) is 12.6. The summed E-state index contributed by atoms with van der Waals surface area (Å²) in [5.74, 6) is 0. The first-order chi connectivity index (χ1) is 9.81. The Morgan fingerprint density at radius 2 is 1.75 bits per heavy atom. The summed E-state index contributed by atoms with van der Waals surface area (Å²) in [5, 5.41) is 4.75. The van der Waals surface area contributed by atoms with E-state index in [-0.39, 0.29) is 0 Å². The number of benzene rings is 1. The number of rotatable bonds is 3. The molecule has 0 amide bonds. The van der Waals surface area contributed by atoms with Gasteiger partial charge in [0.15, 0.2) is 6.29 Å². The molecule has 0 fully saturated rings. The SMILES string of the molecule is O=Cc1c(-c2ccncc2)nn(-c2ccccc2)c1Cl.